The summed E-state index contributed by atoms with van der Waals surface area (Å²) >= 11 is 9.54. The standard InChI is InChI=1S/C52H65ClN12O5S2/c1-30-32(3)72-51-44(30)45(35-12-14-37(53)15-13-35)57-40(48-60-59-33(4)65(48)51)23-42(67)54-16-17-62-25-38(26-62)63-20-18-61(19-21-63)28-43(68)58-47(52(5,6)7)50(70)64-27-39(66)22-41(64)49(69)55-24-34-8-10-36(11-9-34)46-31(2)56-29-71-46/h8-15,29,38-41,47,66H,16-28H2,1-7H3,(H,54,67)(H,55,69)(H,58,68)/t39-,40+,41+,47-/m1/s1. The molecule has 3 saturated heterocycles. The Balaban J connectivity index is 0.715. The number of aryl methyl sites for hydroxylation is 3. The van der Waals surface area contributed by atoms with E-state index in [-0.39, 0.29) is 56.1 Å². The normalized spacial score (nSPS) is 20.3. The Kier molecular flexibility index (Phi) is 15.4. The average molecular weight is 1040 g/mol. The number of rotatable bonds is 15. The third kappa shape index (κ3) is 11.2. The molecule has 17 nitrogen and oxygen atoms in total. The molecule has 3 aromatic heterocycles. The summed E-state index contributed by atoms with van der Waals surface area (Å²) in [6.45, 7) is 20.4. The highest BCUT2D eigenvalue weighted by Gasteiger charge is 2.45. The number of hydrogen-bond acceptors (Lipinski definition) is 14. The number of carbonyl (C=O) groups excluding carboxylic acids is 4. The van der Waals surface area contributed by atoms with Gasteiger partial charge in [-0.05, 0) is 61.9 Å². The zero-order valence-corrected chi connectivity index (χ0v) is 44.5. The average Bonchev–Trinajstić information content (AvgIpc) is 4.10. The van der Waals surface area contributed by atoms with E-state index in [1.165, 1.54) is 9.78 Å². The zero-order chi connectivity index (χ0) is 51.0. The number of β-amino-alcohol motifs (C(OH)–C–C–N with tert-alkyl or cyclic N) is 1. The summed E-state index contributed by atoms with van der Waals surface area (Å²) in [5.41, 5.74) is 8.03. The van der Waals surface area contributed by atoms with E-state index in [0.29, 0.717) is 36.5 Å². The number of halogens is 1. The first-order valence-electron chi connectivity index (χ1n) is 24.8. The van der Waals surface area contributed by atoms with Gasteiger partial charge in [-0.15, -0.1) is 32.9 Å². The van der Waals surface area contributed by atoms with Crippen molar-refractivity contribution in [3.63, 3.8) is 0 Å². The maximum Gasteiger partial charge on any atom is 0.246 e. The van der Waals surface area contributed by atoms with Crippen LogP contribution in [0.5, 0.6) is 0 Å². The molecule has 0 unspecified atom stereocenters. The van der Waals surface area contributed by atoms with Crippen LogP contribution in [0.1, 0.15) is 84.1 Å². The van der Waals surface area contributed by atoms with E-state index in [2.05, 4.69) is 64.2 Å². The molecule has 5 aromatic rings. The van der Waals surface area contributed by atoms with Crippen LogP contribution in [0.4, 0.5) is 0 Å². The van der Waals surface area contributed by atoms with Crippen LogP contribution in [0.15, 0.2) is 59.0 Å². The minimum atomic E-state index is -0.895. The molecular formula is C52H65ClN12O5S2. The van der Waals surface area contributed by atoms with E-state index < -0.39 is 29.6 Å². The Morgan fingerprint density at radius 1 is 0.875 bits per heavy atom. The number of nitrogens with zero attached hydrogens (tertiary/aromatic N) is 9. The molecule has 72 heavy (non-hydrogen) atoms. The summed E-state index contributed by atoms with van der Waals surface area (Å²) in [4.78, 5) is 75.2. The van der Waals surface area contributed by atoms with Crippen LogP contribution >= 0.6 is 34.3 Å². The van der Waals surface area contributed by atoms with Gasteiger partial charge in [-0.25, -0.2) is 4.98 Å². The first-order chi connectivity index (χ1) is 34.4. The third-order valence-electron chi connectivity index (χ3n) is 14.4. The predicted molar refractivity (Wildman–Crippen MR) is 281 cm³/mol. The lowest BCUT2D eigenvalue weighted by atomic mass is 9.85. The summed E-state index contributed by atoms with van der Waals surface area (Å²) < 4.78 is 2.06. The third-order valence-corrected chi connectivity index (χ3v) is 16.8. The molecule has 2 aromatic carbocycles. The number of aliphatic hydroxyl groups excluding tert-OH is 1. The van der Waals surface area contributed by atoms with Gasteiger partial charge in [0.2, 0.25) is 23.6 Å². The van der Waals surface area contributed by atoms with Crippen LogP contribution in [0.2, 0.25) is 5.02 Å². The molecule has 4 aliphatic rings. The quantitative estimate of drug-likeness (QED) is 0.112. The van der Waals surface area contributed by atoms with Crippen molar-refractivity contribution in [1.29, 1.82) is 0 Å². The number of thiophene rings is 1. The number of fused-ring (bicyclic) bond motifs is 3. The maximum atomic E-state index is 14.2. The summed E-state index contributed by atoms with van der Waals surface area (Å²) in [6, 6.07) is 13.7. The highest BCUT2D eigenvalue weighted by atomic mass is 35.5. The van der Waals surface area contributed by atoms with Crippen molar-refractivity contribution < 1.29 is 24.3 Å². The van der Waals surface area contributed by atoms with Crippen LogP contribution in [0.25, 0.3) is 15.4 Å². The molecule has 20 heteroatoms. The molecule has 0 radical (unpaired) electrons. The van der Waals surface area contributed by atoms with Crippen molar-refractivity contribution >= 4 is 63.6 Å². The molecule has 0 aliphatic carbocycles. The van der Waals surface area contributed by atoms with Gasteiger partial charge in [-0.3, -0.25) is 43.4 Å². The molecule has 4 aliphatic heterocycles. The molecule has 4 atom stereocenters. The van der Waals surface area contributed by atoms with Crippen molar-refractivity contribution in [1.82, 2.24) is 55.3 Å². The highest BCUT2D eigenvalue weighted by molar-refractivity contribution is 7.15. The van der Waals surface area contributed by atoms with Crippen LogP contribution in [-0.2, 0) is 25.7 Å². The second-order valence-electron chi connectivity index (χ2n) is 20.6. The van der Waals surface area contributed by atoms with E-state index in [9.17, 15) is 24.3 Å². The summed E-state index contributed by atoms with van der Waals surface area (Å²) in [5, 5.41) is 30.4. The van der Waals surface area contributed by atoms with Gasteiger partial charge in [0.15, 0.2) is 5.82 Å². The van der Waals surface area contributed by atoms with Crippen LogP contribution in [0.3, 0.4) is 0 Å². The van der Waals surface area contributed by atoms with Crippen LogP contribution in [0, 0.1) is 33.1 Å². The van der Waals surface area contributed by atoms with E-state index >= 15 is 0 Å². The molecule has 3 fully saturated rings. The van der Waals surface area contributed by atoms with E-state index in [1.807, 2.05) is 88.7 Å². The SMILES string of the molecule is Cc1ncsc1-c1ccc(CNC(=O)[C@@H]2C[C@@H](O)CN2C(=O)[C@@H](NC(=O)CN2CCN(C3CN(CCNC(=O)C[C@@H]4N=C(c5ccc(Cl)cc5)c5c(sc(C)c5C)-n5c(C)nnc54)C3)CC2)C(C)(C)C)cc1. The van der Waals surface area contributed by atoms with Crippen molar-refractivity contribution in [3.05, 3.63) is 104 Å². The van der Waals surface area contributed by atoms with Gasteiger partial charge in [-0.1, -0.05) is 68.8 Å². The van der Waals surface area contributed by atoms with Gasteiger partial charge in [0.1, 0.15) is 29.0 Å². The van der Waals surface area contributed by atoms with Crippen molar-refractivity contribution in [3.8, 4) is 15.4 Å². The van der Waals surface area contributed by atoms with Crippen LogP contribution in [-0.4, -0.2) is 163 Å². The largest absolute Gasteiger partial charge is 0.391 e. The molecule has 7 heterocycles. The second kappa shape index (κ2) is 21.6. The molecule has 4 amide bonds. The number of thiazole rings is 1. The van der Waals surface area contributed by atoms with Gasteiger partial charge >= 0.3 is 0 Å². The van der Waals surface area contributed by atoms with Gasteiger partial charge in [-0.2, -0.15) is 0 Å². The number of amides is 4. The van der Waals surface area contributed by atoms with Crippen molar-refractivity contribution in [2.45, 2.75) is 98.1 Å². The lowest BCUT2D eigenvalue weighted by molar-refractivity contribution is -0.144. The minimum absolute atomic E-state index is 0.0165. The highest BCUT2D eigenvalue weighted by Crippen LogP contribution is 2.40. The number of benzene rings is 2. The van der Waals surface area contributed by atoms with Gasteiger partial charge in [0.05, 0.1) is 40.9 Å². The van der Waals surface area contributed by atoms with E-state index in [0.717, 1.165) is 87.6 Å². The first-order valence-corrected chi connectivity index (χ1v) is 26.9. The topological polar surface area (TPSA) is 194 Å². The summed E-state index contributed by atoms with van der Waals surface area (Å²) in [5.74, 6) is 0.330. The number of likely N-dealkylation sites (tertiary alicyclic amines) is 2. The van der Waals surface area contributed by atoms with Gasteiger partial charge in [0.25, 0.3) is 0 Å². The number of aliphatic imine (C=N–C) groups is 1. The zero-order valence-electron chi connectivity index (χ0n) is 42.1. The number of carbonyl (C=O) groups is 4. The Bertz CT molecular complexity index is 2820. The lowest BCUT2D eigenvalue weighted by Crippen LogP contribution is -2.64. The maximum absolute atomic E-state index is 14.2. The summed E-state index contributed by atoms with van der Waals surface area (Å²) in [6.07, 6.45) is -0.594. The second-order valence-corrected chi connectivity index (χ2v) is 23.1. The molecule has 4 N–H and O–H groups in total. The van der Waals surface area contributed by atoms with Gasteiger partial charge in [0, 0.05) is 98.9 Å². The molecule has 0 spiro atoms. The molecule has 382 valence electrons. The molecule has 9 rings (SSSR count). The number of piperazine rings is 1. The van der Waals surface area contributed by atoms with Crippen molar-refractivity contribution in [2.75, 3.05) is 65.4 Å². The summed E-state index contributed by atoms with van der Waals surface area (Å²) in [7, 11) is 0. The number of hydrogen-bond donors (Lipinski definition) is 4. The fourth-order valence-electron chi connectivity index (χ4n) is 10.2. The Hall–Kier alpha value is -5.41. The van der Waals surface area contributed by atoms with E-state index in [4.69, 9.17) is 16.6 Å². The Labute approximate surface area is 434 Å². The first kappa shape index (κ1) is 51.5. The predicted octanol–water partition coefficient (Wildman–Crippen LogP) is 4.85. The number of aromatic nitrogens is 4. The monoisotopic (exact) mass is 1040 g/mol. The fraction of sp³-hybridized carbons (Fsp3) is 0.500. The molecule has 0 saturated carbocycles. The number of nitrogens with one attached hydrogen (secondary N) is 3. The molecular weight excluding hydrogens is 972 g/mol. The van der Waals surface area contributed by atoms with Crippen LogP contribution < -0.4 is 16.0 Å². The minimum Gasteiger partial charge on any atom is -0.391 e. The smallest absolute Gasteiger partial charge is 0.246 e. The Morgan fingerprint density at radius 3 is 2.26 bits per heavy atom. The Morgan fingerprint density at radius 2 is 1.58 bits per heavy atom. The van der Waals surface area contributed by atoms with Gasteiger partial charge < -0.3 is 26.0 Å². The number of aliphatic hydroxyl groups is 1. The fourth-order valence-corrected chi connectivity index (χ4v) is 12.3. The lowest BCUT2D eigenvalue weighted by Gasteiger charge is -2.48. The van der Waals surface area contributed by atoms with E-state index in [1.54, 1.807) is 22.7 Å². The molecule has 0 bridgehead atoms. The van der Waals surface area contributed by atoms with Crippen molar-refractivity contribution in [2.24, 2.45) is 10.4 Å².